The molecule has 2 heterocycles. The molecule has 1 aromatic heterocycles. The van der Waals surface area contributed by atoms with Crippen LogP contribution in [0.15, 0.2) is 65.5 Å². The van der Waals surface area contributed by atoms with E-state index in [9.17, 15) is 9.59 Å². The van der Waals surface area contributed by atoms with Gasteiger partial charge in [0.05, 0.1) is 13.7 Å². The topological polar surface area (TPSA) is 67.7 Å². The van der Waals surface area contributed by atoms with Gasteiger partial charge in [0.1, 0.15) is 11.4 Å². The van der Waals surface area contributed by atoms with Crippen molar-refractivity contribution < 1.29 is 9.53 Å². The van der Waals surface area contributed by atoms with E-state index < -0.39 is 0 Å². The van der Waals surface area contributed by atoms with Crippen LogP contribution in [0.25, 0.3) is 0 Å². The zero-order chi connectivity index (χ0) is 21.8. The minimum atomic E-state index is -0.221. The molecule has 0 atom stereocenters. The van der Waals surface area contributed by atoms with Gasteiger partial charge in [-0.3, -0.25) is 9.59 Å². The number of benzene rings is 2. The van der Waals surface area contributed by atoms with Gasteiger partial charge in [-0.15, -0.1) is 0 Å². The summed E-state index contributed by atoms with van der Waals surface area (Å²) in [5.74, 6) is 0.677. The first kappa shape index (κ1) is 20.7. The van der Waals surface area contributed by atoms with Gasteiger partial charge in [0, 0.05) is 37.9 Å². The van der Waals surface area contributed by atoms with E-state index in [-0.39, 0.29) is 11.5 Å². The van der Waals surface area contributed by atoms with Crippen molar-refractivity contribution in [3.63, 3.8) is 0 Å². The first-order chi connectivity index (χ1) is 15.0. The van der Waals surface area contributed by atoms with Crippen molar-refractivity contribution in [1.82, 2.24) is 14.7 Å². The largest absolute Gasteiger partial charge is 0.497 e. The molecule has 4 rings (SSSR count). The highest BCUT2D eigenvalue weighted by atomic mass is 16.5. The van der Waals surface area contributed by atoms with Crippen molar-refractivity contribution in [2.75, 3.05) is 38.2 Å². The highest BCUT2D eigenvalue weighted by Crippen LogP contribution is 2.21. The highest BCUT2D eigenvalue weighted by Gasteiger charge is 2.23. The van der Waals surface area contributed by atoms with Crippen molar-refractivity contribution in [1.29, 1.82) is 0 Å². The van der Waals surface area contributed by atoms with Gasteiger partial charge in [-0.05, 0) is 42.8 Å². The molecule has 1 fully saturated rings. The number of rotatable bonds is 5. The van der Waals surface area contributed by atoms with E-state index in [1.165, 1.54) is 16.8 Å². The number of amides is 1. The fourth-order valence-corrected chi connectivity index (χ4v) is 3.67. The Hall–Kier alpha value is -3.61. The number of piperazine rings is 1. The van der Waals surface area contributed by atoms with Crippen molar-refractivity contribution >= 4 is 11.6 Å². The van der Waals surface area contributed by atoms with Gasteiger partial charge in [0.25, 0.3) is 11.5 Å². The van der Waals surface area contributed by atoms with Gasteiger partial charge in [-0.1, -0.05) is 29.8 Å². The Morgan fingerprint density at radius 2 is 1.61 bits per heavy atom. The van der Waals surface area contributed by atoms with Crippen LogP contribution in [0.2, 0.25) is 0 Å². The molecular weight excluding hydrogens is 392 g/mol. The van der Waals surface area contributed by atoms with E-state index >= 15 is 0 Å². The summed E-state index contributed by atoms with van der Waals surface area (Å²) in [4.78, 5) is 29.3. The van der Waals surface area contributed by atoms with Crippen LogP contribution in [0.5, 0.6) is 5.75 Å². The number of hydrogen-bond acceptors (Lipinski definition) is 5. The zero-order valence-corrected chi connectivity index (χ0v) is 17.8. The van der Waals surface area contributed by atoms with Crippen molar-refractivity contribution in [2.24, 2.45) is 0 Å². The van der Waals surface area contributed by atoms with Crippen LogP contribution >= 0.6 is 0 Å². The maximum absolute atomic E-state index is 13.0. The second-order valence-electron chi connectivity index (χ2n) is 7.68. The number of aryl methyl sites for hydroxylation is 1. The van der Waals surface area contributed by atoms with Crippen LogP contribution in [0.4, 0.5) is 5.69 Å². The molecular formula is C24H26N4O3. The van der Waals surface area contributed by atoms with Crippen LogP contribution in [-0.4, -0.2) is 53.9 Å². The van der Waals surface area contributed by atoms with E-state index in [4.69, 9.17) is 4.74 Å². The quantitative estimate of drug-likeness (QED) is 0.637. The Morgan fingerprint density at radius 3 is 2.26 bits per heavy atom. The number of methoxy groups -OCH3 is 1. The summed E-state index contributed by atoms with van der Waals surface area (Å²) in [7, 11) is 1.65. The molecule has 1 saturated heterocycles. The minimum absolute atomic E-state index is 0.146. The molecule has 0 spiro atoms. The lowest BCUT2D eigenvalue weighted by molar-refractivity contribution is 0.0738. The molecule has 7 nitrogen and oxygen atoms in total. The van der Waals surface area contributed by atoms with E-state index in [1.807, 2.05) is 55.5 Å². The maximum Gasteiger partial charge on any atom is 0.274 e. The summed E-state index contributed by atoms with van der Waals surface area (Å²) in [6.07, 6.45) is 0. The van der Waals surface area contributed by atoms with Crippen LogP contribution in [0.3, 0.4) is 0 Å². The predicted molar refractivity (Wildman–Crippen MR) is 120 cm³/mol. The molecule has 2 aromatic carbocycles. The Labute approximate surface area is 181 Å². The van der Waals surface area contributed by atoms with Gasteiger partial charge in [0.2, 0.25) is 0 Å². The van der Waals surface area contributed by atoms with Gasteiger partial charge in [-0.25, -0.2) is 4.68 Å². The molecule has 0 radical (unpaired) electrons. The molecule has 0 saturated carbocycles. The van der Waals surface area contributed by atoms with E-state index in [1.54, 1.807) is 12.0 Å². The molecule has 7 heteroatoms. The summed E-state index contributed by atoms with van der Waals surface area (Å²) in [6, 6.07) is 18.8. The first-order valence-corrected chi connectivity index (χ1v) is 10.4. The van der Waals surface area contributed by atoms with Gasteiger partial charge < -0.3 is 14.5 Å². The number of carbonyl (C=O) groups excluding carboxylic acids is 1. The molecule has 1 amide bonds. The lowest BCUT2D eigenvalue weighted by Gasteiger charge is -2.36. The molecule has 3 aromatic rings. The fourth-order valence-electron chi connectivity index (χ4n) is 3.67. The van der Waals surface area contributed by atoms with Crippen LogP contribution in [0.1, 0.15) is 21.6 Å². The number of nitrogens with zero attached hydrogens (tertiary/aromatic N) is 4. The number of aromatic nitrogens is 2. The maximum atomic E-state index is 13.0. The Bertz CT molecular complexity index is 1100. The highest BCUT2D eigenvalue weighted by molar-refractivity contribution is 5.92. The second-order valence-corrected chi connectivity index (χ2v) is 7.68. The SMILES string of the molecule is COc1ccc(N2CCN(C(=O)c3ccc(=O)n(Cc4ccc(C)cc4)n3)CC2)cc1. The molecule has 0 aliphatic carbocycles. The van der Waals surface area contributed by atoms with E-state index in [2.05, 4.69) is 10.00 Å². The van der Waals surface area contributed by atoms with Gasteiger partial charge in [-0.2, -0.15) is 5.10 Å². The third-order valence-electron chi connectivity index (χ3n) is 5.54. The first-order valence-electron chi connectivity index (χ1n) is 10.4. The van der Waals surface area contributed by atoms with Crippen LogP contribution < -0.4 is 15.2 Å². The summed E-state index contributed by atoms with van der Waals surface area (Å²) in [6.45, 7) is 5.03. The molecule has 0 N–H and O–H groups in total. The summed E-state index contributed by atoms with van der Waals surface area (Å²) >= 11 is 0. The van der Waals surface area contributed by atoms with Crippen LogP contribution in [0, 0.1) is 6.92 Å². The summed E-state index contributed by atoms with van der Waals surface area (Å²) in [5.41, 5.74) is 3.31. The van der Waals surface area contributed by atoms with Crippen LogP contribution in [-0.2, 0) is 6.54 Å². The summed E-state index contributed by atoms with van der Waals surface area (Å²) < 4.78 is 6.56. The molecule has 0 unspecified atom stereocenters. The lowest BCUT2D eigenvalue weighted by atomic mass is 10.1. The normalized spacial score (nSPS) is 13.9. The van der Waals surface area contributed by atoms with Crippen molar-refractivity contribution in [2.45, 2.75) is 13.5 Å². The summed E-state index contributed by atoms with van der Waals surface area (Å²) in [5, 5.41) is 4.35. The number of hydrogen-bond donors (Lipinski definition) is 0. The van der Waals surface area contributed by atoms with Gasteiger partial charge >= 0.3 is 0 Å². The Kier molecular flexibility index (Phi) is 6.02. The molecule has 0 bridgehead atoms. The average molecular weight is 418 g/mol. The number of anilines is 1. The standard InChI is InChI=1S/C24H26N4O3/c1-18-3-5-19(6-4-18)17-28-23(29)12-11-22(25-28)24(30)27-15-13-26(14-16-27)20-7-9-21(31-2)10-8-20/h3-12H,13-17H2,1-2H3. The second kappa shape index (κ2) is 9.04. The average Bonchev–Trinajstić information content (AvgIpc) is 2.81. The fraction of sp³-hybridized carbons (Fsp3) is 0.292. The third-order valence-corrected chi connectivity index (χ3v) is 5.54. The molecule has 1 aliphatic heterocycles. The molecule has 1 aliphatic rings. The number of carbonyl (C=O) groups is 1. The molecule has 31 heavy (non-hydrogen) atoms. The monoisotopic (exact) mass is 418 g/mol. The van der Waals surface area contributed by atoms with Crippen molar-refractivity contribution in [3.8, 4) is 5.75 Å². The zero-order valence-electron chi connectivity index (χ0n) is 17.8. The Balaban J connectivity index is 1.42. The van der Waals surface area contributed by atoms with Gasteiger partial charge in [0.15, 0.2) is 0 Å². The number of ether oxygens (including phenoxy) is 1. The smallest absolute Gasteiger partial charge is 0.274 e. The predicted octanol–water partition coefficient (Wildman–Crippen LogP) is 2.57. The Morgan fingerprint density at radius 1 is 0.935 bits per heavy atom. The van der Waals surface area contributed by atoms with E-state index in [0.717, 1.165) is 35.7 Å². The van der Waals surface area contributed by atoms with E-state index in [0.29, 0.717) is 25.3 Å². The van der Waals surface area contributed by atoms with Crippen molar-refractivity contribution in [3.05, 3.63) is 87.8 Å². The third kappa shape index (κ3) is 4.77. The minimum Gasteiger partial charge on any atom is -0.497 e. The lowest BCUT2D eigenvalue weighted by Crippen LogP contribution is -2.49. The molecule has 160 valence electrons.